The van der Waals surface area contributed by atoms with Crippen LogP contribution in [0.4, 0.5) is 0 Å². The van der Waals surface area contributed by atoms with E-state index in [9.17, 15) is 4.79 Å². The first-order valence-electron chi connectivity index (χ1n) is 7.71. The average molecular weight is 294 g/mol. The van der Waals surface area contributed by atoms with Gasteiger partial charge in [0, 0.05) is 16.8 Å². The molecule has 1 unspecified atom stereocenters. The second kappa shape index (κ2) is 7.23. The second-order valence-electron chi connectivity index (χ2n) is 5.81. The smallest absolute Gasteiger partial charge is 0.222 e. The lowest BCUT2D eigenvalue weighted by Gasteiger charge is -2.37. The van der Waals surface area contributed by atoms with Crippen LogP contribution in [0.15, 0.2) is 17.5 Å². The minimum Gasteiger partial charge on any atom is -0.348 e. The van der Waals surface area contributed by atoms with Gasteiger partial charge < -0.3 is 10.6 Å². The van der Waals surface area contributed by atoms with E-state index in [0.717, 1.165) is 19.3 Å². The van der Waals surface area contributed by atoms with Crippen LogP contribution >= 0.6 is 11.3 Å². The van der Waals surface area contributed by atoms with E-state index in [1.54, 1.807) is 11.3 Å². The summed E-state index contributed by atoms with van der Waals surface area (Å²) in [4.78, 5) is 13.6. The fourth-order valence-electron chi connectivity index (χ4n) is 3.16. The molecule has 3 nitrogen and oxygen atoms in total. The van der Waals surface area contributed by atoms with E-state index < -0.39 is 0 Å². The molecule has 2 rings (SSSR count). The Morgan fingerprint density at radius 2 is 2.15 bits per heavy atom. The third kappa shape index (κ3) is 3.83. The molecule has 0 aromatic carbocycles. The van der Waals surface area contributed by atoms with Gasteiger partial charge in [-0.15, -0.1) is 11.3 Å². The van der Waals surface area contributed by atoms with Crippen LogP contribution in [0.25, 0.3) is 0 Å². The molecule has 1 aromatic heterocycles. The van der Waals surface area contributed by atoms with Crippen molar-refractivity contribution in [3.05, 3.63) is 22.4 Å². The summed E-state index contributed by atoms with van der Waals surface area (Å²) in [5.74, 6) is 0.182. The van der Waals surface area contributed by atoms with Gasteiger partial charge >= 0.3 is 0 Å². The maximum absolute atomic E-state index is 12.4. The molecule has 1 amide bonds. The minimum atomic E-state index is 0.0239. The predicted octanol–water partition coefficient (Wildman–Crippen LogP) is 3.63. The molecular weight excluding hydrogens is 268 g/mol. The number of hydrogen-bond acceptors (Lipinski definition) is 3. The lowest BCUT2D eigenvalue weighted by Crippen LogP contribution is -2.48. The summed E-state index contributed by atoms with van der Waals surface area (Å²) < 4.78 is 0. The molecule has 1 saturated carbocycles. The highest BCUT2D eigenvalue weighted by Gasteiger charge is 2.33. The Balaban J connectivity index is 1.93. The van der Waals surface area contributed by atoms with Gasteiger partial charge in [0.15, 0.2) is 0 Å². The highest BCUT2D eigenvalue weighted by Crippen LogP contribution is 2.31. The van der Waals surface area contributed by atoms with Gasteiger partial charge in [-0.3, -0.25) is 4.79 Å². The third-order valence-electron chi connectivity index (χ3n) is 4.47. The largest absolute Gasteiger partial charge is 0.348 e. The molecule has 1 aromatic rings. The molecule has 0 aliphatic heterocycles. The number of nitrogens with one attached hydrogen (secondary N) is 2. The summed E-state index contributed by atoms with van der Waals surface area (Å²) in [6.07, 6.45) is 7.55. The normalized spacial score (nSPS) is 19.5. The lowest BCUT2D eigenvalue weighted by atomic mass is 9.79. The molecule has 1 fully saturated rings. The van der Waals surface area contributed by atoms with Crippen molar-refractivity contribution in [2.24, 2.45) is 0 Å². The molecule has 1 heterocycles. The van der Waals surface area contributed by atoms with E-state index in [4.69, 9.17) is 0 Å². The molecule has 1 atom stereocenters. The summed E-state index contributed by atoms with van der Waals surface area (Å²) in [6.45, 7) is 2.12. The first kappa shape index (κ1) is 15.5. The average Bonchev–Trinajstić information content (AvgIpc) is 3.00. The van der Waals surface area contributed by atoms with Crippen LogP contribution in [0.2, 0.25) is 0 Å². The summed E-state index contributed by atoms with van der Waals surface area (Å²) >= 11 is 1.72. The highest BCUT2D eigenvalue weighted by atomic mass is 32.1. The van der Waals surface area contributed by atoms with Crippen LogP contribution in [-0.4, -0.2) is 18.5 Å². The molecule has 20 heavy (non-hydrogen) atoms. The van der Waals surface area contributed by atoms with Crippen LogP contribution in [0.1, 0.15) is 62.8 Å². The molecule has 0 spiro atoms. The fourth-order valence-corrected chi connectivity index (χ4v) is 4.02. The number of carbonyl (C=O) groups is 1. The SMILES string of the molecule is CCC(NC(=O)CC1(NC)CCCCC1)c1cccs1. The maximum Gasteiger partial charge on any atom is 0.222 e. The quantitative estimate of drug-likeness (QED) is 0.841. The molecule has 0 bridgehead atoms. The van der Waals surface area contributed by atoms with Crippen molar-refractivity contribution < 1.29 is 4.79 Å². The first-order chi connectivity index (χ1) is 9.69. The molecule has 4 heteroatoms. The van der Waals surface area contributed by atoms with Gasteiger partial charge in [0.1, 0.15) is 0 Å². The zero-order chi connectivity index (χ0) is 14.4. The number of thiophene rings is 1. The molecule has 0 saturated heterocycles. The molecule has 112 valence electrons. The van der Waals surface area contributed by atoms with Crippen molar-refractivity contribution in [1.82, 2.24) is 10.6 Å². The number of rotatable bonds is 6. The van der Waals surface area contributed by atoms with Crippen LogP contribution in [0.5, 0.6) is 0 Å². The monoisotopic (exact) mass is 294 g/mol. The van der Waals surface area contributed by atoms with E-state index in [1.165, 1.54) is 24.1 Å². The summed E-state index contributed by atoms with van der Waals surface area (Å²) in [7, 11) is 2.00. The zero-order valence-electron chi connectivity index (χ0n) is 12.6. The molecule has 1 aliphatic rings. The van der Waals surface area contributed by atoms with Crippen LogP contribution in [-0.2, 0) is 4.79 Å². The van der Waals surface area contributed by atoms with E-state index in [1.807, 2.05) is 13.1 Å². The second-order valence-corrected chi connectivity index (χ2v) is 6.79. The number of amides is 1. The molecule has 2 N–H and O–H groups in total. The van der Waals surface area contributed by atoms with Crippen molar-refractivity contribution in [2.75, 3.05) is 7.05 Å². The maximum atomic E-state index is 12.4. The van der Waals surface area contributed by atoms with Gasteiger partial charge in [0.2, 0.25) is 5.91 Å². The Hall–Kier alpha value is -0.870. The van der Waals surface area contributed by atoms with Crippen molar-refractivity contribution in [3.8, 4) is 0 Å². The van der Waals surface area contributed by atoms with E-state index in [2.05, 4.69) is 29.0 Å². The van der Waals surface area contributed by atoms with E-state index in [-0.39, 0.29) is 17.5 Å². The van der Waals surface area contributed by atoms with Crippen LogP contribution in [0, 0.1) is 0 Å². The first-order valence-corrected chi connectivity index (χ1v) is 8.59. The van der Waals surface area contributed by atoms with E-state index >= 15 is 0 Å². The minimum absolute atomic E-state index is 0.0239. The van der Waals surface area contributed by atoms with Crippen molar-refractivity contribution in [3.63, 3.8) is 0 Å². The summed E-state index contributed by atoms with van der Waals surface area (Å²) in [5, 5.41) is 8.69. The Morgan fingerprint density at radius 3 is 2.70 bits per heavy atom. The topological polar surface area (TPSA) is 41.1 Å². The summed E-state index contributed by atoms with van der Waals surface area (Å²) in [6, 6.07) is 4.32. The summed E-state index contributed by atoms with van der Waals surface area (Å²) in [5.41, 5.74) is 0.0239. The van der Waals surface area contributed by atoms with Gasteiger partial charge in [-0.2, -0.15) is 0 Å². The number of carbonyl (C=O) groups excluding carboxylic acids is 1. The molecule has 1 aliphatic carbocycles. The molecule has 0 radical (unpaired) electrons. The van der Waals surface area contributed by atoms with Gasteiger partial charge in [-0.1, -0.05) is 32.3 Å². The number of hydrogen-bond donors (Lipinski definition) is 2. The van der Waals surface area contributed by atoms with Gasteiger partial charge in [0.25, 0.3) is 0 Å². The molecular formula is C16H26N2OS. The van der Waals surface area contributed by atoms with Crippen LogP contribution < -0.4 is 10.6 Å². The van der Waals surface area contributed by atoms with Gasteiger partial charge in [-0.25, -0.2) is 0 Å². The standard InChI is InChI=1S/C16H26N2OS/c1-3-13(14-8-7-11-20-14)18-15(19)12-16(17-2)9-5-4-6-10-16/h7-8,11,13,17H,3-6,9-10,12H2,1-2H3,(H,18,19). The lowest BCUT2D eigenvalue weighted by molar-refractivity contribution is -0.123. The van der Waals surface area contributed by atoms with Crippen molar-refractivity contribution in [2.45, 2.75) is 63.5 Å². The Labute approximate surface area is 126 Å². The Bertz CT molecular complexity index is 410. The van der Waals surface area contributed by atoms with Gasteiger partial charge in [-0.05, 0) is 37.8 Å². The van der Waals surface area contributed by atoms with Crippen LogP contribution in [0.3, 0.4) is 0 Å². The highest BCUT2D eigenvalue weighted by molar-refractivity contribution is 7.10. The fraction of sp³-hybridized carbons (Fsp3) is 0.688. The van der Waals surface area contributed by atoms with Crippen molar-refractivity contribution >= 4 is 17.2 Å². The van der Waals surface area contributed by atoms with Crippen molar-refractivity contribution in [1.29, 1.82) is 0 Å². The van der Waals surface area contributed by atoms with Gasteiger partial charge in [0.05, 0.1) is 6.04 Å². The third-order valence-corrected chi connectivity index (χ3v) is 5.46. The predicted molar refractivity (Wildman–Crippen MR) is 85.0 cm³/mol. The Kier molecular flexibility index (Phi) is 5.61. The van der Waals surface area contributed by atoms with E-state index in [0.29, 0.717) is 6.42 Å². The Morgan fingerprint density at radius 1 is 1.40 bits per heavy atom. The zero-order valence-corrected chi connectivity index (χ0v) is 13.4.